The van der Waals surface area contributed by atoms with E-state index in [0.717, 1.165) is 29.2 Å². The van der Waals surface area contributed by atoms with E-state index in [1.807, 2.05) is 39.8 Å². The summed E-state index contributed by atoms with van der Waals surface area (Å²) in [7, 11) is -4.08. The number of sulfonamides is 1. The fourth-order valence-corrected chi connectivity index (χ4v) is 6.46. The maximum atomic E-state index is 14.0. The van der Waals surface area contributed by atoms with Crippen LogP contribution in [0, 0.1) is 34.8 Å². The third-order valence-corrected chi connectivity index (χ3v) is 8.08. The fourth-order valence-electron chi connectivity index (χ4n) is 5.01. The summed E-state index contributed by atoms with van der Waals surface area (Å²) in [5, 5.41) is 11.7. The molecule has 0 saturated heterocycles. The molecule has 3 aromatic rings. The molecule has 2 aromatic carbocycles. The Balaban J connectivity index is 2.19. The second-order valence-corrected chi connectivity index (χ2v) is 13.2. The zero-order valence-corrected chi connectivity index (χ0v) is 24.4. The van der Waals surface area contributed by atoms with Crippen LogP contribution in [-0.2, 0) is 35.8 Å². The number of rotatable bonds is 11. The standard InChI is InChI=1S/C28H38N4O6S/c1-15(2)8-19-11-20(9-16(3)4)26(21(12-19)10-17(5)6)39(37,38)29-14-22-18(7)24(32(35)36)13-23-25(22)31-28(34)27(33)30-23/h11-13,15-17,29H,8-10,14H2,1-7H3,(H,30,33)(H,31,34). The maximum Gasteiger partial charge on any atom is 0.314 e. The summed E-state index contributed by atoms with van der Waals surface area (Å²) in [5.74, 6) is 0.832. The van der Waals surface area contributed by atoms with E-state index in [0.29, 0.717) is 18.8 Å². The van der Waals surface area contributed by atoms with Crippen LogP contribution in [0.15, 0.2) is 32.7 Å². The van der Waals surface area contributed by atoms with E-state index in [-0.39, 0.29) is 51.1 Å². The van der Waals surface area contributed by atoms with Gasteiger partial charge in [-0.05, 0) is 60.6 Å². The van der Waals surface area contributed by atoms with Crippen LogP contribution in [0.1, 0.15) is 69.4 Å². The number of aromatic nitrogens is 2. The molecule has 212 valence electrons. The van der Waals surface area contributed by atoms with E-state index in [1.165, 1.54) is 6.92 Å². The quantitative estimate of drug-likeness (QED) is 0.179. The van der Waals surface area contributed by atoms with Crippen molar-refractivity contribution >= 4 is 26.7 Å². The number of nitrogens with one attached hydrogen (secondary N) is 3. The highest BCUT2D eigenvalue weighted by Gasteiger charge is 2.27. The highest BCUT2D eigenvalue weighted by molar-refractivity contribution is 7.89. The van der Waals surface area contributed by atoms with Crippen molar-refractivity contribution in [3.8, 4) is 0 Å². The van der Waals surface area contributed by atoms with E-state index >= 15 is 0 Å². The molecule has 39 heavy (non-hydrogen) atoms. The number of benzene rings is 2. The number of nitro groups is 1. The minimum Gasteiger partial charge on any atom is -0.316 e. The van der Waals surface area contributed by atoms with E-state index in [9.17, 15) is 28.1 Å². The van der Waals surface area contributed by atoms with Gasteiger partial charge in [-0.2, -0.15) is 0 Å². The summed E-state index contributed by atoms with van der Waals surface area (Å²) in [6.07, 6.45) is 1.97. The minimum atomic E-state index is -4.08. The van der Waals surface area contributed by atoms with Gasteiger partial charge in [-0.25, -0.2) is 13.1 Å². The predicted octanol–water partition coefficient (Wildman–Crippen LogP) is 4.51. The lowest BCUT2D eigenvalue weighted by atomic mass is 9.91. The topological polar surface area (TPSA) is 155 Å². The molecule has 0 atom stereocenters. The zero-order chi connectivity index (χ0) is 29.2. The molecular formula is C28H38N4O6S. The number of H-pyrrole nitrogens is 2. The molecule has 0 aliphatic carbocycles. The number of nitro benzene ring substituents is 1. The Morgan fingerprint density at radius 3 is 1.87 bits per heavy atom. The van der Waals surface area contributed by atoms with Crippen LogP contribution in [0.5, 0.6) is 0 Å². The number of fused-ring (bicyclic) bond motifs is 1. The van der Waals surface area contributed by atoms with Gasteiger partial charge in [0.1, 0.15) is 0 Å². The lowest BCUT2D eigenvalue weighted by Crippen LogP contribution is -2.30. The molecule has 0 spiro atoms. The Morgan fingerprint density at radius 1 is 0.872 bits per heavy atom. The van der Waals surface area contributed by atoms with Crippen molar-refractivity contribution in [2.75, 3.05) is 0 Å². The van der Waals surface area contributed by atoms with Crippen LogP contribution in [0.25, 0.3) is 11.0 Å². The first-order valence-corrected chi connectivity index (χ1v) is 14.7. The first-order valence-electron chi connectivity index (χ1n) is 13.2. The monoisotopic (exact) mass is 558 g/mol. The average Bonchev–Trinajstić information content (AvgIpc) is 2.77. The molecule has 1 heterocycles. The molecule has 3 rings (SSSR count). The Bertz CT molecular complexity index is 1590. The van der Waals surface area contributed by atoms with E-state index in [1.54, 1.807) is 0 Å². The molecule has 0 aliphatic heterocycles. The second kappa shape index (κ2) is 11.8. The normalized spacial score (nSPS) is 12.3. The highest BCUT2D eigenvalue weighted by Crippen LogP contribution is 2.31. The SMILES string of the molecule is Cc1c([N+](=O)[O-])cc2[nH]c(=O)c(=O)[nH]c2c1CNS(=O)(=O)c1c(CC(C)C)cc(CC(C)C)cc1CC(C)C. The third kappa shape index (κ3) is 7.02. The summed E-state index contributed by atoms with van der Waals surface area (Å²) in [6.45, 7) is 13.6. The molecule has 0 radical (unpaired) electrons. The summed E-state index contributed by atoms with van der Waals surface area (Å²) >= 11 is 0. The van der Waals surface area contributed by atoms with E-state index < -0.39 is 26.1 Å². The first-order chi connectivity index (χ1) is 18.1. The summed E-state index contributed by atoms with van der Waals surface area (Å²) in [6, 6.07) is 5.12. The van der Waals surface area contributed by atoms with Crippen molar-refractivity contribution < 1.29 is 13.3 Å². The van der Waals surface area contributed by atoms with Gasteiger partial charge in [0, 0.05) is 23.7 Å². The number of hydrogen-bond acceptors (Lipinski definition) is 6. The van der Waals surface area contributed by atoms with E-state index in [4.69, 9.17) is 0 Å². The van der Waals surface area contributed by atoms with Crippen LogP contribution in [0.2, 0.25) is 0 Å². The van der Waals surface area contributed by atoms with Gasteiger partial charge in [0.05, 0.1) is 20.9 Å². The van der Waals surface area contributed by atoms with Crippen LogP contribution in [0.4, 0.5) is 5.69 Å². The van der Waals surface area contributed by atoms with Crippen molar-refractivity contribution in [3.63, 3.8) is 0 Å². The molecule has 0 aliphatic rings. The van der Waals surface area contributed by atoms with Gasteiger partial charge < -0.3 is 9.97 Å². The largest absolute Gasteiger partial charge is 0.316 e. The summed E-state index contributed by atoms with van der Waals surface area (Å²) < 4.78 is 30.6. The molecule has 0 unspecified atom stereocenters. The second-order valence-electron chi connectivity index (χ2n) is 11.4. The molecule has 3 N–H and O–H groups in total. The molecular weight excluding hydrogens is 520 g/mol. The van der Waals surface area contributed by atoms with Crippen LogP contribution in [-0.4, -0.2) is 23.3 Å². The zero-order valence-electron chi connectivity index (χ0n) is 23.6. The van der Waals surface area contributed by atoms with Gasteiger partial charge in [-0.15, -0.1) is 0 Å². The van der Waals surface area contributed by atoms with Gasteiger partial charge in [-0.3, -0.25) is 19.7 Å². The van der Waals surface area contributed by atoms with Crippen molar-refractivity contribution in [1.29, 1.82) is 0 Å². The van der Waals surface area contributed by atoms with Crippen molar-refractivity contribution in [1.82, 2.24) is 14.7 Å². The first kappa shape index (κ1) is 30.2. The van der Waals surface area contributed by atoms with E-state index in [2.05, 4.69) is 28.5 Å². The molecule has 1 aromatic heterocycles. The number of hydrogen-bond donors (Lipinski definition) is 3. The molecule has 0 amide bonds. The van der Waals surface area contributed by atoms with Gasteiger partial charge in [0.15, 0.2) is 0 Å². The van der Waals surface area contributed by atoms with Crippen molar-refractivity contribution in [3.05, 3.63) is 76.8 Å². The Labute approximate surface area is 228 Å². The average molecular weight is 559 g/mol. The number of aromatic amines is 2. The molecule has 11 heteroatoms. The molecule has 0 fully saturated rings. The highest BCUT2D eigenvalue weighted by atomic mass is 32.2. The van der Waals surface area contributed by atoms with Gasteiger partial charge >= 0.3 is 11.1 Å². The van der Waals surface area contributed by atoms with Crippen LogP contribution < -0.4 is 15.8 Å². The smallest absolute Gasteiger partial charge is 0.314 e. The van der Waals surface area contributed by atoms with Crippen LogP contribution in [0.3, 0.4) is 0 Å². The van der Waals surface area contributed by atoms with Crippen LogP contribution >= 0.6 is 0 Å². The van der Waals surface area contributed by atoms with Crippen molar-refractivity contribution in [2.24, 2.45) is 17.8 Å². The minimum absolute atomic E-state index is 0.0464. The molecule has 0 saturated carbocycles. The van der Waals surface area contributed by atoms with Gasteiger partial charge in [0.25, 0.3) is 5.69 Å². The molecule has 10 nitrogen and oxygen atoms in total. The summed E-state index contributed by atoms with van der Waals surface area (Å²) in [4.78, 5) is 40.1. The number of nitrogens with zero attached hydrogens (tertiary/aromatic N) is 1. The van der Waals surface area contributed by atoms with Gasteiger partial charge in [-0.1, -0.05) is 53.7 Å². The molecule has 0 bridgehead atoms. The lowest BCUT2D eigenvalue weighted by Gasteiger charge is -2.21. The summed E-state index contributed by atoms with van der Waals surface area (Å²) in [5.41, 5.74) is 0.986. The maximum absolute atomic E-state index is 14.0. The van der Waals surface area contributed by atoms with Crippen molar-refractivity contribution in [2.45, 2.75) is 79.2 Å². The Kier molecular flexibility index (Phi) is 9.17. The lowest BCUT2D eigenvalue weighted by molar-refractivity contribution is -0.385. The van der Waals surface area contributed by atoms with Gasteiger partial charge in [0.2, 0.25) is 10.0 Å². The Hall–Kier alpha value is -3.31. The predicted molar refractivity (Wildman–Crippen MR) is 153 cm³/mol. The fraction of sp³-hybridized carbons (Fsp3) is 0.500. The third-order valence-electron chi connectivity index (χ3n) is 6.49. The Morgan fingerprint density at radius 2 is 1.38 bits per heavy atom.